The summed E-state index contributed by atoms with van der Waals surface area (Å²) in [4.78, 5) is 13.6. The lowest BCUT2D eigenvalue weighted by molar-refractivity contribution is 0.0501. The molecule has 0 radical (unpaired) electrons. The van der Waals surface area contributed by atoms with Gasteiger partial charge in [0.2, 0.25) is 0 Å². The van der Waals surface area contributed by atoms with E-state index < -0.39 is 11.7 Å². The van der Waals surface area contributed by atoms with Gasteiger partial charge in [-0.25, -0.2) is 4.79 Å². The number of benzene rings is 1. The molecule has 1 atom stereocenters. The molecule has 0 spiro atoms. The number of hydrogen-bond acceptors (Lipinski definition) is 3. The first-order chi connectivity index (χ1) is 9.23. The van der Waals surface area contributed by atoms with Crippen LogP contribution in [-0.4, -0.2) is 39.8 Å². The Morgan fingerprint density at radius 1 is 1.35 bits per heavy atom. The number of aliphatic hydroxyl groups excluding tert-OH is 1. The zero-order chi connectivity index (χ0) is 15.3. The van der Waals surface area contributed by atoms with Crippen LogP contribution in [0.2, 0.25) is 0 Å². The molecule has 0 bridgehead atoms. The van der Waals surface area contributed by atoms with Gasteiger partial charge in [0.15, 0.2) is 0 Å². The number of carbonyl (C=O) groups excluding carboxylic acids is 1. The van der Waals surface area contributed by atoms with Crippen LogP contribution in [0.3, 0.4) is 0 Å². The lowest BCUT2D eigenvalue weighted by Gasteiger charge is -2.28. The first kappa shape index (κ1) is 16.5. The summed E-state index contributed by atoms with van der Waals surface area (Å²) in [6.07, 6.45) is -0.526. The summed E-state index contributed by atoms with van der Waals surface area (Å²) in [5.41, 5.74) is 0.532. The highest BCUT2D eigenvalue weighted by Crippen LogP contribution is 2.16. The summed E-state index contributed by atoms with van der Waals surface area (Å²) in [5, 5.41) is 22.0. The molecule has 0 aromatic heterocycles. The average molecular weight is 280 g/mol. The van der Waals surface area contributed by atoms with E-state index in [4.69, 9.17) is 0 Å². The Morgan fingerprint density at radius 3 is 2.30 bits per heavy atom. The lowest BCUT2D eigenvalue weighted by atomic mass is 10.1. The Labute approximate surface area is 120 Å². The molecule has 0 saturated carbocycles. The second-order valence-corrected chi connectivity index (χ2v) is 5.55. The Balaban J connectivity index is 2.68. The summed E-state index contributed by atoms with van der Waals surface area (Å²) in [6, 6.07) is 6.79. The van der Waals surface area contributed by atoms with Crippen LogP contribution < -0.4 is 5.32 Å². The summed E-state index contributed by atoms with van der Waals surface area (Å²) < 4.78 is 0. The zero-order valence-corrected chi connectivity index (χ0v) is 12.6. The van der Waals surface area contributed by atoms with Crippen LogP contribution in [0, 0.1) is 0 Å². The fourth-order valence-electron chi connectivity index (χ4n) is 1.84. The van der Waals surface area contributed by atoms with Crippen molar-refractivity contribution >= 4 is 11.7 Å². The number of anilines is 1. The molecule has 1 unspecified atom stereocenters. The highest BCUT2D eigenvalue weighted by atomic mass is 16.3. The summed E-state index contributed by atoms with van der Waals surface area (Å²) in [6.45, 7) is 7.67. The van der Waals surface area contributed by atoms with E-state index in [1.807, 2.05) is 6.92 Å². The van der Waals surface area contributed by atoms with Gasteiger partial charge in [-0.05, 0) is 45.4 Å². The maximum absolute atomic E-state index is 12.1. The molecule has 0 aliphatic rings. The standard InChI is InChI=1S/C15H24N2O3/c1-5-17(10-15(3,4)20)14(19)16-13-8-6-12(7-9-13)11(2)18/h6-9,11,18,20H,5,10H2,1-4H3,(H,16,19). The van der Waals surface area contributed by atoms with Crippen LogP contribution in [0.5, 0.6) is 0 Å². The second kappa shape index (κ2) is 6.72. The minimum atomic E-state index is -0.927. The minimum absolute atomic E-state index is 0.251. The first-order valence-corrected chi connectivity index (χ1v) is 6.79. The van der Waals surface area contributed by atoms with E-state index in [0.717, 1.165) is 5.56 Å². The van der Waals surface area contributed by atoms with Crippen molar-refractivity contribution in [1.29, 1.82) is 0 Å². The molecule has 5 nitrogen and oxygen atoms in total. The van der Waals surface area contributed by atoms with Crippen molar-refractivity contribution in [1.82, 2.24) is 4.90 Å². The van der Waals surface area contributed by atoms with Gasteiger partial charge in [0.1, 0.15) is 0 Å². The van der Waals surface area contributed by atoms with E-state index in [2.05, 4.69) is 5.32 Å². The molecule has 5 heteroatoms. The molecule has 1 aromatic carbocycles. The van der Waals surface area contributed by atoms with Crippen LogP contribution in [0.15, 0.2) is 24.3 Å². The molecule has 112 valence electrons. The van der Waals surface area contributed by atoms with Crippen LogP contribution in [0.25, 0.3) is 0 Å². The largest absolute Gasteiger partial charge is 0.389 e. The molecule has 0 fully saturated rings. The SMILES string of the molecule is CCN(CC(C)(C)O)C(=O)Nc1ccc(C(C)O)cc1. The first-order valence-electron chi connectivity index (χ1n) is 6.79. The highest BCUT2D eigenvalue weighted by Gasteiger charge is 2.21. The van der Waals surface area contributed by atoms with Crippen LogP contribution >= 0.6 is 0 Å². The number of nitrogens with one attached hydrogen (secondary N) is 1. The Bertz CT molecular complexity index is 435. The Kier molecular flexibility index (Phi) is 5.53. The molecular formula is C15H24N2O3. The third kappa shape index (κ3) is 5.19. The number of aliphatic hydroxyl groups is 2. The maximum atomic E-state index is 12.1. The van der Waals surface area contributed by atoms with Gasteiger partial charge in [-0.15, -0.1) is 0 Å². The highest BCUT2D eigenvalue weighted by molar-refractivity contribution is 5.89. The van der Waals surface area contributed by atoms with Crippen LogP contribution in [0.1, 0.15) is 39.4 Å². The molecule has 0 saturated heterocycles. The zero-order valence-electron chi connectivity index (χ0n) is 12.6. The molecule has 0 aliphatic heterocycles. The smallest absolute Gasteiger partial charge is 0.321 e. The Hall–Kier alpha value is -1.59. The number of likely N-dealkylation sites (N-methyl/N-ethyl adjacent to an activating group) is 1. The van der Waals surface area contributed by atoms with E-state index in [1.54, 1.807) is 49.9 Å². The van der Waals surface area contributed by atoms with Gasteiger partial charge >= 0.3 is 6.03 Å². The molecule has 1 rings (SSSR count). The number of carbonyl (C=O) groups is 1. The summed E-state index contributed by atoms with van der Waals surface area (Å²) in [7, 11) is 0. The van der Waals surface area contributed by atoms with Crippen LogP contribution in [-0.2, 0) is 0 Å². The van der Waals surface area contributed by atoms with Gasteiger partial charge in [-0.1, -0.05) is 12.1 Å². The quantitative estimate of drug-likeness (QED) is 0.775. The third-order valence-electron chi connectivity index (χ3n) is 2.89. The van der Waals surface area contributed by atoms with Crippen molar-refractivity contribution in [3.8, 4) is 0 Å². The lowest BCUT2D eigenvalue weighted by Crippen LogP contribution is -2.44. The van der Waals surface area contributed by atoms with Gasteiger partial charge in [0.05, 0.1) is 18.2 Å². The van der Waals surface area contributed by atoms with E-state index in [0.29, 0.717) is 12.2 Å². The van der Waals surface area contributed by atoms with E-state index in [9.17, 15) is 15.0 Å². The van der Waals surface area contributed by atoms with Gasteiger partial charge in [-0.3, -0.25) is 0 Å². The number of rotatable bonds is 5. The third-order valence-corrected chi connectivity index (χ3v) is 2.89. The van der Waals surface area contributed by atoms with Gasteiger partial charge in [-0.2, -0.15) is 0 Å². The van der Waals surface area contributed by atoms with Crippen molar-refractivity contribution < 1.29 is 15.0 Å². The molecule has 20 heavy (non-hydrogen) atoms. The van der Waals surface area contributed by atoms with E-state index in [-0.39, 0.29) is 12.6 Å². The molecule has 0 heterocycles. The number of hydrogen-bond donors (Lipinski definition) is 3. The number of urea groups is 1. The predicted octanol–water partition coefficient (Wildman–Crippen LogP) is 2.36. The van der Waals surface area contributed by atoms with Crippen molar-refractivity contribution in [2.45, 2.75) is 39.4 Å². The van der Waals surface area contributed by atoms with E-state index in [1.165, 1.54) is 0 Å². The number of nitrogens with zero attached hydrogens (tertiary/aromatic N) is 1. The van der Waals surface area contributed by atoms with Crippen molar-refractivity contribution in [3.63, 3.8) is 0 Å². The Morgan fingerprint density at radius 2 is 1.90 bits per heavy atom. The molecule has 1 aromatic rings. The minimum Gasteiger partial charge on any atom is -0.389 e. The summed E-state index contributed by atoms with van der Waals surface area (Å²) in [5.74, 6) is 0. The van der Waals surface area contributed by atoms with Crippen molar-refractivity contribution in [2.75, 3.05) is 18.4 Å². The van der Waals surface area contributed by atoms with Crippen molar-refractivity contribution in [2.24, 2.45) is 0 Å². The summed E-state index contributed by atoms with van der Waals surface area (Å²) >= 11 is 0. The second-order valence-electron chi connectivity index (χ2n) is 5.55. The molecule has 0 aliphatic carbocycles. The molecular weight excluding hydrogens is 256 g/mol. The van der Waals surface area contributed by atoms with Crippen LogP contribution in [0.4, 0.5) is 10.5 Å². The maximum Gasteiger partial charge on any atom is 0.321 e. The number of amides is 2. The predicted molar refractivity (Wildman–Crippen MR) is 79.6 cm³/mol. The average Bonchev–Trinajstić information content (AvgIpc) is 2.35. The fraction of sp³-hybridized carbons (Fsp3) is 0.533. The van der Waals surface area contributed by atoms with Gasteiger partial charge in [0, 0.05) is 12.2 Å². The topological polar surface area (TPSA) is 72.8 Å². The van der Waals surface area contributed by atoms with E-state index >= 15 is 0 Å². The van der Waals surface area contributed by atoms with Gasteiger partial charge in [0.25, 0.3) is 0 Å². The fourth-order valence-corrected chi connectivity index (χ4v) is 1.84. The van der Waals surface area contributed by atoms with Crippen molar-refractivity contribution in [3.05, 3.63) is 29.8 Å². The monoisotopic (exact) mass is 280 g/mol. The molecule has 2 amide bonds. The van der Waals surface area contributed by atoms with Gasteiger partial charge < -0.3 is 20.4 Å². The molecule has 3 N–H and O–H groups in total. The normalized spacial score (nSPS) is 12.9.